The highest BCUT2D eigenvalue weighted by Crippen LogP contribution is 2.31. The number of nitrogens with zero attached hydrogens (tertiary/aromatic N) is 1. The van der Waals surface area contributed by atoms with Crippen LogP contribution >= 0.6 is 0 Å². The van der Waals surface area contributed by atoms with E-state index in [0.717, 1.165) is 0 Å². The Morgan fingerprint density at radius 1 is 1.04 bits per heavy atom. The smallest absolute Gasteiger partial charge is 0.310 e. The normalized spacial score (nSPS) is 11.0. The summed E-state index contributed by atoms with van der Waals surface area (Å²) in [5.41, 5.74) is -0.423. The van der Waals surface area contributed by atoms with Crippen LogP contribution < -0.4 is 10.1 Å². The lowest BCUT2D eigenvalue weighted by atomic mass is 9.79. The van der Waals surface area contributed by atoms with Gasteiger partial charge in [-0.25, -0.2) is 0 Å². The zero-order valence-electron chi connectivity index (χ0n) is 14.4. The van der Waals surface area contributed by atoms with E-state index in [1.165, 1.54) is 0 Å². The summed E-state index contributed by atoms with van der Waals surface area (Å²) in [4.78, 5) is 27.6. The van der Waals surface area contributed by atoms with Crippen LogP contribution in [0.2, 0.25) is 0 Å². The van der Waals surface area contributed by atoms with Gasteiger partial charge in [-0.2, -0.15) is 0 Å². The molecule has 0 aliphatic heterocycles. The van der Waals surface area contributed by atoms with Gasteiger partial charge in [0, 0.05) is 24.5 Å². The van der Waals surface area contributed by atoms with Crippen LogP contribution in [0.25, 0.3) is 0 Å². The number of aliphatic carboxylic acids is 1. The Kier molecular flexibility index (Phi) is 6.11. The van der Waals surface area contributed by atoms with E-state index in [4.69, 9.17) is 4.74 Å². The summed E-state index contributed by atoms with van der Waals surface area (Å²) in [6.07, 6.45) is 4.04. The summed E-state index contributed by atoms with van der Waals surface area (Å²) >= 11 is 0. The van der Waals surface area contributed by atoms with E-state index >= 15 is 0 Å². The average molecular weight is 342 g/mol. The fourth-order valence-corrected chi connectivity index (χ4v) is 2.54. The van der Waals surface area contributed by atoms with Crippen molar-refractivity contribution in [3.05, 3.63) is 48.8 Å². The minimum absolute atomic E-state index is 0.0510. The van der Waals surface area contributed by atoms with Crippen LogP contribution in [0.15, 0.2) is 48.8 Å². The number of carbonyl (C=O) groups is 2. The second-order valence-electron chi connectivity index (χ2n) is 5.83. The molecule has 2 aromatic rings. The van der Waals surface area contributed by atoms with Gasteiger partial charge in [-0.1, -0.05) is 13.8 Å². The van der Waals surface area contributed by atoms with Crippen molar-refractivity contribution in [2.75, 3.05) is 5.32 Å². The third kappa shape index (κ3) is 4.79. The van der Waals surface area contributed by atoms with Gasteiger partial charge >= 0.3 is 5.97 Å². The number of carboxylic acids is 1. The van der Waals surface area contributed by atoms with E-state index in [0.29, 0.717) is 30.0 Å². The highest BCUT2D eigenvalue weighted by Gasteiger charge is 2.37. The Labute approximate surface area is 146 Å². The first-order valence-electron chi connectivity index (χ1n) is 8.20. The first-order valence-corrected chi connectivity index (χ1v) is 8.20. The van der Waals surface area contributed by atoms with Crippen molar-refractivity contribution in [2.45, 2.75) is 33.1 Å². The standard InChI is InChI=1S/C19H22N2O4/c1-3-19(4-2,18(23)24)13-17(22)21-14-5-7-15(8-6-14)25-16-9-11-20-12-10-16/h5-12H,3-4,13H2,1-2H3,(H,21,22)(H,23,24). The van der Waals surface area contributed by atoms with Gasteiger partial charge in [0.2, 0.25) is 5.91 Å². The fourth-order valence-electron chi connectivity index (χ4n) is 2.54. The first kappa shape index (κ1) is 18.4. The Morgan fingerprint density at radius 3 is 2.12 bits per heavy atom. The molecule has 0 aliphatic carbocycles. The highest BCUT2D eigenvalue weighted by atomic mass is 16.5. The van der Waals surface area contributed by atoms with Gasteiger partial charge in [0.1, 0.15) is 11.5 Å². The molecule has 6 nitrogen and oxygen atoms in total. The van der Waals surface area contributed by atoms with Crippen LogP contribution in [0.4, 0.5) is 5.69 Å². The van der Waals surface area contributed by atoms with Crippen LogP contribution in [0.1, 0.15) is 33.1 Å². The molecule has 2 rings (SSSR count). The molecule has 2 N–H and O–H groups in total. The largest absolute Gasteiger partial charge is 0.481 e. The Morgan fingerprint density at radius 2 is 1.60 bits per heavy atom. The number of pyridine rings is 1. The zero-order chi connectivity index (χ0) is 18.3. The van der Waals surface area contributed by atoms with Crippen molar-refractivity contribution in [1.82, 2.24) is 4.98 Å². The molecule has 0 atom stereocenters. The molecule has 0 saturated heterocycles. The number of carbonyl (C=O) groups excluding carboxylic acids is 1. The molecule has 1 aromatic heterocycles. The van der Waals surface area contributed by atoms with E-state index in [1.807, 2.05) is 0 Å². The lowest BCUT2D eigenvalue weighted by Crippen LogP contribution is -2.34. The van der Waals surface area contributed by atoms with E-state index < -0.39 is 11.4 Å². The van der Waals surface area contributed by atoms with E-state index in [1.54, 1.807) is 62.6 Å². The van der Waals surface area contributed by atoms with Gasteiger partial charge in [0.05, 0.1) is 5.41 Å². The van der Waals surface area contributed by atoms with Gasteiger partial charge in [0.15, 0.2) is 0 Å². The van der Waals surface area contributed by atoms with Gasteiger partial charge < -0.3 is 15.2 Å². The lowest BCUT2D eigenvalue weighted by Gasteiger charge is -2.25. The molecule has 1 aromatic carbocycles. The van der Waals surface area contributed by atoms with E-state index in [2.05, 4.69) is 10.3 Å². The molecule has 0 radical (unpaired) electrons. The number of amides is 1. The van der Waals surface area contributed by atoms with Gasteiger partial charge in [-0.3, -0.25) is 14.6 Å². The molecule has 0 bridgehead atoms. The van der Waals surface area contributed by atoms with Crippen LogP contribution in [-0.2, 0) is 9.59 Å². The summed E-state index contributed by atoms with van der Waals surface area (Å²) in [5.74, 6) is 0.0535. The number of nitrogens with one attached hydrogen (secondary N) is 1. The number of benzene rings is 1. The van der Waals surface area contributed by atoms with Crippen LogP contribution in [-0.4, -0.2) is 22.0 Å². The molecule has 25 heavy (non-hydrogen) atoms. The number of rotatable bonds is 8. The number of hydrogen-bond donors (Lipinski definition) is 2. The van der Waals surface area contributed by atoms with Gasteiger partial charge in [-0.05, 0) is 49.2 Å². The number of aromatic nitrogens is 1. The Bertz CT molecular complexity index is 710. The Balaban J connectivity index is 1.98. The topological polar surface area (TPSA) is 88.5 Å². The minimum Gasteiger partial charge on any atom is -0.481 e. The maximum absolute atomic E-state index is 12.2. The third-order valence-corrected chi connectivity index (χ3v) is 4.33. The van der Waals surface area contributed by atoms with Crippen molar-refractivity contribution < 1.29 is 19.4 Å². The zero-order valence-corrected chi connectivity index (χ0v) is 14.4. The van der Waals surface area contributed by atoms with Crippen LogP contribution in [0.5, 0.6) is 11.5 Å². The van der Waals surface area contributed by atoms with Crippen molar-refractivity contribution in [3.63, 3.8) is 0 Å². The summed E-state index contributed by atoms with van der Waals surface area (Å²) in [6, 6.07) is 10.4. The molecule has 132 valence electrons. The molecule has 6 heteroatoms. The van der Waals surface area contributed by atoms with E-state index in [9.17, 15) is 14.7 Å². The van der Waals surface area contributed by atoms with Gasteiger partial charge in [0.25, 0.3) is 0 Å². The van der Waals surface area contributed by atoms with E-state index in [-0.39, 0.29) is 12.3 Å². The minimum atomic E-state index is -1.02. The second-order valence-corrected chi connectivity index (χ2v) is 5.83. The number of carboxylic acid groups (broad SMARTS) is 1. The van der Waals surface area contributed by atoms with Gasteiger partial charge in [-0.15, -0.1) is 0 Å². The SMILES string of the molecule is CCC(CC)(CC(=O)Nc1ccc(Oc2ccncc2)cc1)C(=O)O. The van der Waals surface area contributed by atoms with Crippen molar-refractivity contribution in [1.29, 1.82) is 0 Å². The molecule has 0 aliphatic rings. The number of hydrogen-bond acceptors (Lipinski definition) is 4. The quantitative estimate of drug-likeness (QED) is 0.754. The lowest BCUT2D eigenvalue weighted by molar-refractivity contribution is -0.151. The number of anilines is 1. The summed E-state index contributed by atoms with van der Waals surface area (Å²) in [6.45, 7) is 3.58. The van der Waals surface area contributed by atoms with Crippen LogP contribution in [0, 0.1) is 5.41 Å². The molecular weight excluding hydrogens is 320 g/mol. The third-order valence-electron chi connectivity index (χ3n) is 4.33. The van der Waals surface area contributed by atoms with Crippen molar-refractivity contribution in [3.8, 4) is 11.5 Å². The summed E-state index contributed by atoms with van der Waals surface area (Å²) in [7, 11) is 0. The second kappa shape index (κ2) is 8.28. The molecule has 0 unspecified atom stereocenters. The predicted octanol–water partition coefficient (Wildman–Crippen LogP) is 4.09. The number of ether oxygens (including phenoxy) is 1. The average Bonchev–Trinajstić information content (AvgIpc) is 2.62. The summed E-state index contributed by atoms with van der Waals surface area (Å²) in [5, 5.41) is 12.2. The van der Waals surface area contributed by atoms with Crippen molar-refractivity contribution in [2.24, 2.45) is 5.41 Å². The molecule has 0 fully saturated rings. The summed E-state index contributed by atoms with van der Waals surface area (Å²) < 4.78 is 5.65. The molecule has 0 saturated carbocycles. The predicted molar refractivity (Wildman–Crippen MR) is 94.7 cm³/mol. The maximum atomic E-state index is 12.2. The van der Waals surface area contributed by atoms with Crippen molar-refractivity contribution >= 4 is 17.6 Å². The molecular formula is C19H22N2O4. The monoisotopic (exact) mass is 342 g/mol. The highest BCUT2D eigenvalue weighted by molar-refractivity contribution is 5.94. The fraction of sp³-hybridized carbons (Fsp3) is 0.316. The maximum Gasteiger partial charge on any atom is 0.310 e. The molecule has 1 heterocycles. The molecule has 0 spiro atoms. The molecule has 1 amide bonds. The Hall–Kier alpha value is -2.89. The van der Waals surface area contributed by atoms with Crippen LogP contribution in [0.3, 0.4) is 0 Å². The first-order chi connectivity index (χ1) is 12.0.